The Balaban J connectivity index is 2.56. The molecule has 2 N–H and O–H groups in total. The van der Waals surface area contributed by atoms with Crippen molar-refractivity contribution in [2.45, 2.75) is 24.7 Å². The third-order valence-electron chi connectivity index (χ3n) is 3.69. The summed E-state index contributed by atoms with van der Waals surface area (Å²) >= 11 is 0. The van der Waals surface area contributed by atoms with Crippen LogP contribution < -0.4 is 4.72 Å². The van der Waals surface area contributed by atoms with Crippen LogP contribution in [-0.4, -0.2) is 26.5 Å². The van der Waals surface area contributed by atoms with Gasteiger partial charge in [-0.15, -0.1) is 0 Å². The highest BCUT2D eigenvalue weighted by molar-refractivity contribution is 7.89. The van der Waals surface area contributed by atoms with E-state index in [2.05, 4.69) is 18.6 Å². The predicted octanol–water partition coefficient (Wildman–Crippen LogP) is 3.08. The highest BCUT2D eigenvalue weighted by Crippen LogP contribution is 2.28. The molecular formula is C17H19NO4S. The maximum absolute atomic E-state index is 11.8. The van der Waals surface area contributed by atoms with Crippen LogP contribution in [0.2, 0.25) is 0 Å². The molecule has 0 aliphatic heterocycles. The molecule has 0 spiro atoms. The molecular weight excluding hydrogens is 314 g/mol. The van der Waals surface area contributed by atoms with Crippen LogP contribution in [0.15, 0.2) is 47.4 Å². The molecule has 0 aliphatic rings. The van der Waals surface area contributed by atoms with Crippen molar-refractivity contribution in [3.8, 4) is 11.1 Å². The summed E-state index contributed by atoms with van der Waals surface area (Å²) in [5.41, 5.74) is 2.33. The number of hydrogen-bond donors (Lipinski definition) is 2. The molecule has 5 nitrogen and oxygen atoms in total. The quantitative estimate of drug-likeness (QED) is 0.881. The van der Waals surface area contributed by atoms with E-state index >= 15 is 0 Å². The number of carboxylic acid groups (broad SMARTS) is 1. The van der Waals surface area contributed by atoms with Crippen molar-refractivity contribution in [2.24, 2.45) is 0 Å². The van der Waals surface area contributed by atoms with Crippen molar-refractivity contribution in [1.29, 1.82) is 0 Å². The fourth-order valence-corrected chi connectivity index (χ4v) is 3.04. The van der Waals surface area contributed by atoms with Crippen molar-refractivity contribution in [1.82, 2.24) is 4.72 Å². The minimum Gasteiger partial charge on any atom is -0.478 e. The largest absolute Gasteiger partial charge is 0.478 e. The van der Waals surface area contributed by atoms with E-state index in [-0.39, 0.29) is 10.5 Å². The summed E-state index contributed by atoms with van der Waals surface area (Å²) in [6, 6.07) is 11.7. The molecule has 2 aromatic rings. The van der Waals surface area contributed by atoms with Gasteiger partial charge in [0.15, 0.2) is 0 Å². The number of carbonyl (C=O) groups is 1. The molecule has 0 heterocycles. The minimum absolute atomic E-state index is 0.0429. The predicted molar refractivity (Wildman–Crippen MR) is 89.2 cm³/mol. The number of aromatic carboxylic acids is 1. The third kappa shape index (κ3) is 3.60. The molecule has 23 heavy (non-hydrogen) atoms. The van der Waals surface area contributed by atoms with Crippen LogP contribution >= 0.6 is 0 Å². The zero-order valence-corrected chi connectivity index (χ0v) is 14.0. The summed E-state index contributed by atoms with van der Waals surface area (Å²) in [6.07, 6.45) is 0. The molecule has 0 aliphatic carbocycles. The van der Waals surface area contributed by atoms with Crippen LogP contribution in [-0.2, 0) is 10.0 Å². The summed E-state index contributed by atoms with van der Waals surface area (Å²) in [7, 11) is -2.40. The molecule has 0 amide bonds. The van der Waals surface area contributed by atoms with Gasteiger partial charge < -0.3 is 5.11 Å². The Labute approximate surface area is 136 Å². The van der Waals surface area contributed by atoms with Crippen LogP contribution in [0.5, 0.6) is 0 Å². The fraction of sp³-hybridized carbons (Fsp3) is 0.235. The molecule has 0 saturated heterocycles. The van der Waals surface area contributed by atoms with Gasteiger partial charge in [0.25, 0.3) is 0 Å². The fourth-order valence-electron chi connectivity index (χ4n) is 2.28. The van der Waals surface area contributed by atoms with Crippen LogP contribution in [0, 0.1) is 0 Å². The smallest absolute Gasteiger partial charge is 0.336 e. The number of rotatable bonds is 5. The zero-order valence-electron chi connectivity index (χ0n) is 13.2. The van der Waals surface area contributed by atoms with E-state index in [0.29, 0.717) is 11.5 Å². The highest BCUT2D eigenvalue weighted by Gasteiger charge is 2.18. The van der Waals surface area contributed by atoms with Crippen molar-refractivity contribution in [3.63, 3.8) is 0 Å². The van der Waals surface area contributed by atoms with Crippen LogP contribution in [0.25, 0.3) is 11.1 Å². The molecule has 0 unspecified atom stereocenters. The van der Waals surface area contributed by atoms with Gasteiger partial charge in [0.1, 0.15) is 0 Å². The van der Waals surface area contributed by atoms with E-state index < -0.39 is 16.0 Å². The van der Waals surface area contributed by atoms with Gasteiger partial charge in [0.05, 0.1) is 10.5 Å². The first kappa shape index (κ1) is 17.2. The highest BCUT2D eigenvalue weighted by atomic mass is 32.2. The summed E-state index contributed by atoms with van der Waals surface area (Å²) in [5, 5.41) is 9.42. The lowest BCUT2D eigenvalue weighted by Gasteiger charge is -2.11. The molecule has 0 atom stereocenters. The molecule has 122 valence electrons. The van der Waals surface area contributed by atoms with E-state index in [9.17, 15) is 18.3 Å². The molecule has 0 fully saturated rings. The number of sulfonamides is 1. The number of hydrogen-bond acceptors (Lipinski definition) is 3. The third-order valence-corrected chi connectivity index (χ3v) is 5.10. The molecule has 2 rings (SSSR count). The summed E-state index contributed by atoms with van der Waals surface area (Å²) in [5.74, 6) is -0.785. The summed E-state index contributed by atoms with van der Waals surface area (Å²) in [6.45, 7) is 4.16. The van der Waals surface area contributed by atoms with Gasteiger partial charge >= 0.3 is 5.97 Å². The average Bonchev–Trinajstić information content (AvgIpc) is 2.54. The second-order valence-corrected chi connectivity index (χ2v) is 7.38. The second-order valence-electron chi connectivity index (χ2n) is 5.50. The topological polar surface area (TPSA) is 83.5 Å². The Morgan fingerprint density at radius 3 is 2.17 bits per heavy atom. The first-order valence-corrected chi connectivity index (χ1v) is 8.66. The molecule has 6 heteroatoms. The van der Waals surface area contributed by atoms with Gasteiger partial charge in [-0.25, -0.2) is 17.9 Å². The first-order valence-electron chi connectivity index (χ1n) is 7.17. The zero-order chi connectivity index (χ0) is 17.2. The maximum Gasteiger partial charge on any atom is 0.336 e. The number of carboxylic acids is 1. The SMILES string of the molecule is CNS(=O)(=O)c1ccc(-c2ccc(C(C)C)cc2)c(C(=O)O)c1. The van der Waals surface area contributed by atoms with Crippen molar-refractivity contribution < 1.29 is 18.3 Å². The van der Waals surface area contributed by atoms with E-state index in [0.717, 1.165) is 11.1 Å². The van der Waals surface area contributed by atoms with Gasteiger partial charge in [0.2, 0.25) is 10.0 Å². The minimum atomic E-state index is -3.68. The Kier molecular flexibility index (Phi) is 4.87. The van der Waals surface area contributed by atoms with Gasteiger partial charge in [0, 0.05) is 0 Å². The van der Waals surface area contributed by atoms with Crippen molar-refractivity contribution >= 4 is 16.0 Å². The van der Waals surface area contributed by atoms with Gasteiger partial charge in [-0.3, -0.25) is 0 Å². The van der Waals surface area contributed by atoms with Crippen LogP contribution in [0.1, 0.15) is 35.7 Å². The van der Waals surface area contributed by atoms with Crippen LogP contribution in [0.3, 0.4) is 0 Å². The first-order chi connectivity index (χ1) is 10.8. The summed E-state index contributed by atoms with van der Waals surface area (Å²) < 4.78 is 25.9. The molecule has 0 radical (unpaired) electrons. The Morgan fingerprint density at radius 1 is 1.09 bits per heavy atom. The van der Waals surface area contributed by atoms with E-state index in [1.807, 2.05) is 24.3 Å². The van der Waals surface area contributed by atoms with Crippen molar-refractivity contribution in [2.75, 3.05) is 7.05 Å². The van der Waals surface area contributed by atoms with Crippen molar-refractivity contribution in [3.05, 3.63) is 53.6 Å². The Hall–Kier alpha value is -2.18. The summed E-state index contributed by atoms with van der Waals surface area (Å²) in [4.78, 5) is 11.5. The normalized spacial score (nSPS) is 11.7. The average molecular weight is 333 g/mol. The van der Waals surface area contributed by atoms with E-state index in [1.165, 1.54) is 25.2 Å². The molecule has 2 aromatic carbocycles. The molecule has 0 aromatic heterocycles. The van der Waals surface area contributed by atoms with Gasteiger partial charge in [-0.05, 0) is 41.8 Å². The van der Waals surface area contributed by atoms with Crippen LogP contribution in [0.4, 0.5) is 0 Å². The Morgan fingerprint density at radius 2 is 1.70 bits per heavy atom. The van der Waals surface area contributed by atoms with Gasteiger partial charge in [-0.2, -0.15) is 0 Å². The monoisotopic (exact) mass is 333 g/mol. The lowest BCUT2D eigenvalue weighted by Crippen LogP contribution is -2.19. The lowest BCUT2D eigenvalue weighted by molar-refractivity contribution is 0.0697. The van der Waals surface area contributed by atoms with E-state index in [4.69, 9.17) is 0 Å². The second kappa shape index (κ2) is 6.52. The van der Waals surface area contributed by atoms with E-state index in [1.54, 1.807) is 0 Å². The lowest BCUT2D eigenvalue weighted by atomic mass is 9.96. The van der Waals surface area contributed by atoms with Gasteiger partial charge in [-0.1, -0.05) is 44.2 Å². The molecule has 0 saturated carbocycles. The maximum atomic E-state index is 11.8. The number of nitrogens with one attached hydrogen (secondary N) is 1. The Bertz CT molecular complexity index is 824. The standard InChI is InChI=1S/C17H19NO4S/c1-11(2)12-4-6-13(7-5-12)15-9-8-14(23(21,22)18-3)10-16(15)17(19)20/h4-11,18H,1-3H3,(H,19,20). The number of benzene rings is 2. The molecule has 0 bridgehead atoms.